The summed E-state index contributed by atoms with van der Waals surface area (Å²) in [6, 6.07) is 12.5. The van der Waals surface area contributed by atoms with Crippen molar-refractivity contribution in [1.82, 2.24) is 25.0 Å². The molecule has 0 radical (unpaired) electrons. The molecule has 0 aliphatic carbocycles. The van der Waals surface area contributed by atoms with Gasteiger partial charge in [-0.3, -0.25) is 14.6 Å². The van der Waals surface area contributed by atoms with Gasteiger partial charge in [-0.25, -0.2) is 0 Å². The Kier molecular flexibility index (Phi) is 4.67. The summed E-state index contributed by atoms with van der Waals surface area (Å²) in [6.45, 7) is 0.319. The fourth-order valence-corrected chi connectivity index (χ4v) is 2.93. The first-order valence-corrected chi connectivity index (χ1v) is 8.74. The van der Waals surface area contributed by atoms with E-state index in [1.165, 1.54) is 4.57 Å². The van der Waals surface area contributed by atoms with Crippen LogP contribution in [0.5, 0.6) is 0 Å². The van der Waals surface area contributed by atoms with E-state index in [9.17, 15) is 9.59 Å². The predicted octanol–water partition coefficient (Wildman–Crippen LogP) is 1.96. The highest BCUT2D eigenvalue weighted by Crippen LogP contribution is 2.15. The Labute approximate surface area is 159 Å². The summed E-state index contributed by atoms with van der Waals surface area (Å²) in [5.74, 6) is 0.550. The van der Waals surface area contributed by atoms with Gasteiger partial charge in [0.15, 0.2) is 0 Å². The largest absolute Gasteiger partial charge is 0.351 e. The van der Waals surface area contributed by atoms with Crippen LogP contribution in [-0.2, 0) is 13.5 Å². The second-order valence-electron chi connectivity index (χ2n) is 6.24. The van der Waals surface area contributed by atoms with Crippen molar-refractivity contribution >= 4 is 16.7 Å². The van der Waals surface area contributed by atoms with Crippen LogP contribution in [0.3, 0.4) is 0 Å². The summed E-state index contributed by atoms with van der Waals surface area (Å²) in [4.78, 5) is 33.3. The number of fused-ring (bicyclic) bond motifs is 1. The number of carbonyl (C=O) groups excluding carboxylic acids is 1. The molecule has 3 aromatic heterocycles. The van der Waals surface area contributed by atoms with Crippen LogP contribution in [0.4, 0.5) is 0 Å². The van der Waals surface area contributed by atoms with E-state index in [1.807, 2.05) is 12.1 Å². The lowest BCUT2D eigenvalue weighted by molar-refractivity contribution is 0.0954. The Morgan fingerprint density at radius 3 is 2.71 bits per heavy atom. The number of aryl methyl sites for hydroxylation is 1. The summed E-state index contributed by atoms with van der Waals surface area (Å²) in [5.41, 5.74) is 0.927. The van der Waals surface area contributed by atoms with E-state index in [0.717, 1.165) is 0 Å². The molecule has 0 bridgehead atoms. The van der Waals surface area contributed by atoms with Crippen LogP contribution in [0.25, 0.3) is 22.3 Å². The molecule has 8 heteroatoms. The number of pyridine rings is 2. The van der Waals surface area contributed by atoms with E-state index >= 15 is 0 Å². The summed E-state index contributed by atoms with van der Waals surface area (Å²) < 4.78 is 6.62. The molecule has 3 heterocycles. The molecule has 28 heavy (non-hydrogen) atoms. The van der Waals surface area contributed by atoms with E-state index in [0.29, 0.717) is 46.7 Å². The number of rotatable bonds is 5. The van der Waals surface area contributed by atoms with Gasteiger partial charge in [-0.05, 0) is 18.2 Å². The minimum absolute atomic E-state index is 0.139. The molecule has 1 amide bonds. The highest BCUT2D eigenvalue weighted by Gasteiger charge is 2.14. The first-order chi connectivity index (χ1) is 13.6. The van der Waals surface area contributed by atoms with Gasteiger partial charge in [0.2, 0.25) is 11.7 Å². The van der Waals surface area contributed by atoms with Gasteiger partial charge in [-0.2, -0.15) is 4.98 Å². The Morgan fingerprint density at radius 1 is 1.14 bits per heavy atom. The van der Waals surface area contributed by atoms with Crippen molar-refractivity contribution in [3.63, 3.8) is 0 Å². The lowest BCUT2D eigenvalue weighted by atomic mass is 10.1. The molecule has 0 spiro atoms. The molecule has 0 saturated heterocycles. The van der Waals surface area contributed by atoms with Crippen molar-refractivity contribution in [2.75, 3.05) is 6.54 Å². The van der Waals surface area contributed by atoms with Gasteiger partial charge in [0.05, 0.1) is 5.56 Å². The molecule has 0 atom stereocenters. The van der Waals surface area contributed by atoms with E-state index in [2.05, 4.69) is 20.4 Å². The number of hydrogen-bond acceptors (Lipinski definition) is 6. The second kappa shape index (κ2) is 7.43. The SMILES string of the molecule is Cn1cc(C(=O)NCCc2nc(-c3ccccn3)no2)c2ccccc2c1=O. The lowest BCUT2D eigenvalue weighted by Gasteiger charge is -2.09. The quantitative estimate of drug-likeness (QED) is 0.572. The van der Waals surface area contributed by atoms with Gasteiger partial charge < -0.3 is 14.4 Å². The topological polar surface area (TPSA) is 103 Å². The first-order valence-electron chi connectivity index (χ1n) is 8.74. The van der Waals surface area contributed by atoms with Crippen LogP contribution in [-0.4, -0.2) is 32.1 Å². The molecule has 0 aliphatic rings. The van der Waals surface area contributed by atoms with E-state index in [-0.39, 0.29) is 11.5 Å². The zero-order valence-electron chi connectivity index (χ0n) is 15.1. The van der Waals surface area contributed by atoms with Crippen molar-refractivity contribution in [2.24, 2.45) is 7.05 Å². The maximum atomic E-state index is 12.6. The molecular weight excluding hydrogens is 358 g/mol. The van der Waals surface area contributed by atoms with Crippen molar-refractivity contribution in [3.8, 4) is 11.5 Å². The number of hydrogen-bond donors (Lipinski definition) is 1. The number of aromatic nitrogens is 4. The van der Waals surface area contributed by atoms with E-state index in [1.54, 1.807) is 49.8 Å². The highest BCUT2D eigenvalue weighted by molar-refractivity contribution is 6.06. The number of carbonyl (C=O) groups is 1. The Morgan fingerprint density at radius 2 is 1.93 bits per heavy atom. The molecule has 4 rings (SSSR count). The standard InChI is InChI=1S/C20H17N5O3/c1-25-12-15(13-6-2-3-7-14(13)20(25)27)19(26)22-11-9-17-23-18(24-28-17)16-8-4-5-10-21-16/h2-8,10,12H,9,11H2,1H3,(H,22,26). The second-order valence-corrected chi connectivity index (χ2v) is 6.24. The van der Waals surface area contributed by atoms with Crippen LogP contribution < -0.4 is 10.9 Å². The molecular formula is C20H17N5O3. The lowest BCUT2D eigenvalue weighted by Crippen LogP contribution is -2.28. The minimum atomic E-state index is -0.267. The Bertz CT molecular complexity index is 1200. The van der Waals surface area contributed by atoms with Crippen molar-refractivity contribution in [2.45, 2.75) is 6.42 Å². The van der Waals surface area contributed by atoms with Crippen molar-refractivity contribution < 1.29 is 9.32 Å². The first kappa shape index (κ1) is 17.6. The minimum Gasteiger partial charge on any atom is -0.351 e. The smallest absolute Gasteiger partial charge is 0.258 e. The molecule has 1 N–H and O–H groups in total. The number of amides is 1. The maximum absolute atomic E-state index is 12.6. The molecule has 4 aromatic rings. The van der Waals surface area contributed by atoms with Crippen LogP contribution in [0.1, 0.15) is 16.2 Å². The Balaban J connectivity index is 1.46. The summed E-state index contributed by atoms with van der Waals surface area (Å²) >= 11 is 0. The summed E-state index contributed by atoms with van der Waals surface area (Å²) in [7, 11) is 1.63. The van der Waals surface area contributed by atoms with E-state index in [4.69, 9.17) is 4.52 Å². The average Bonchev–Trinajstić information content (AvgIpc) is 3.20. The number of nitrogens with zero attached hydrogens (tertiary/aromatic N) is 4. The fourth-order valence-electron chi connectivity index (χ4n) is 2.93. The maximum Gasteiger partial charge on any atom is 0.258 e. The zero-order valence-corrected chi connectivity index (χ0v) is 15.1. The number of benzene rings is 1. The molecule has 0 fully saturated rings. The fraction of sp³-hybridized carbons (Fsp3) is 0.150. The average molecular weight is 375 g/mol. The van der Waals surface area contributed by atoms with Crippen LogP contribution >= 0.6 is 0 Å². The van der Waals surface area contributed by atoms with Gasteiger partial charge in [-0.15, -0.1) is 0 Å². The van der Waals surface area contributed by atoms with Crippen LogP contribution in [0, 0.1) is 0 Å². The Hall–Kier alpha value is -3.81. The molecule has 140 valence electrons. The molecule has 8 nitrogen and oxygen atoms in total. The van der Waals surface area contributed by atoms with Crippen molar-refractivity contribution in [3.05, 3.63) is 76.7 Å². The highest BCUT2D eigenvalue weighted by atomic mass is 16.5. The third-order valence-corrected chi connectivity index (χ3v) is 4.32. The van der Waals surface area contributed by atoms with Crippen LogP contribution in [0.15, 0.2) is 64.2 Å². The van der Waals surface area contributed by atoms with Gasteiger partial charge in [-0.1, -0.05) is 29.4 Å². The molecule has 0 aliphatic heterocycles. The van der Waals surface area contributed by atoms with E-state index < -0.39 is 0 Å². The molecule has 0 saturated carbocycles. The third-order valence-electron chi connectivity index (χ3n) is 4.32. The zero-order chi connectivity index (χ0) is 19.5. The monoisotopic (exact) mass is 375 g/mol. The van der Waals surface area contributed by atoms with Crippen LogP contribution in [0.2, 0.25) is 0 Å². The normalized spacial score (nSPS) is 10.9. The van der Waals surface area contributed by atoms with Gasteiger partial charge in [0.1, 0.15) is 5.69 Å². The van der Waals surface area contributed by atoms with Gasteiger partial charge in [0.25, 0.3) is 11.5 Å². The molecule has 0 unspecified atom stereocenters. The third kappa shape index (κ3) is 3.39. The molecule has 1 aromatic carbocycles. The number of nitrogens with one attached hydrogen (secondary N) is 1. The van der Waals surface area contributed by atoms with Gasteiger partial charge >= 0.3 is 0 Å². The summed E-state index contributed by atoms with van der Waals surface area (Å²) in [6.07, 6.45) is 3.59. The summed E-state index contributed by atoms with van der Waals surface area (Å²) in [5, 5.41) is 7.88. The van der Waals surface area contributed by atoms with Crippen molar-refractivity contribution in [1.29, 1.82) is 0 Å². The van der Waals surface area contributed by atoms with Gasteiger partial charge in [0, 0.05) is 43.2 Å². The predicted molar refractivity (Wildman–Crippen MR) is 103 cm³/mol.